The van der Waals surface area contributed by atoms with E-state index >= 15 is 0 Å². The lowest BCUT2D eigenvalue weighted by Crippen LogP contribution is -2.43. The van der Waals surface area contributed by atoms with Gasteiger partial charge in [-0.25, -0.2) is 0 Å². The third kappa shape index (κ3) is 4.51. The van der Waals surface area contributed by atoms with Crippen LogP contribution in [0.1, 0.15) is 30.9 Å². The predicted octanol–water partition coefficient (Wildman–Crippen LogP) is 3.71. The molecule has 0 unspecified atom stereocenters. The molecule has 0 N–H and O–H groups in total. The first-order valence-corrected chi connectivity index (χ1v) is 9.92. The molecule has 27 heavy (non-hydrogen) atoms. The number of fused-ring (bicyclic) bond motifs is 4. The van der Waals surface area contributed by atoms with E-state index in [4.69, 9.17) is 4.74 Å². The molecule has 0 radical (unpaired) electrons. The van der Waals surface area contributed by atoms with E-state index < -0.39 is 0 Å². The fourth-order valence-corrected chi connectivity index (χ4v) is 4.34. The Bertz CT molecular complexity index is 777. The maximum absolute atomic E-state index is 11.9. The van der Waals surface area contributed by atoms with Crippen LogP contribution in [0, 0.1) is 5.92 Å². The first kappa shape index (κ1) is 18.1. The summed E-state index contributed by atoms with van der Waals surface area (Å²) in [5.41, 5.74) is 2.46. The highest BCUT2D eigenvalue weighted by Crippen LogP contribution is 2.29. The standard InChI is InChI=1S/C23H28N2O2/c1-18(26)24-14-21-10-11-22(16-24)25(15-21)13-20-8-5-9-23(12-20)27-17-19-6-3-2-4-7-19/h2-9,12,21-22H,10-11,13-17H2,1H3/t21-,22+/m1/s1. The van der Waals surface area contributed by atoms with Crippen LogP contribution in [-0.2, 0) is 17.9 Å². The molecule has 3 aliphatic rings. The van der Waals surface area contributed by atoms with E-state index in [0.29, 0.717) is 18.6 Å². The SMILES string of the molecule is CC(=O)N1C[C@H]2CC[C@@H](C1)N(Cc1cccc(OCc3ccccc3)c1)C2. The van der Waals surface area contributed by atoms with Crippen molar-refractivity contribution in [2.75, 3.05) is 19.6 Å². The molecule has 3 aliphatic heterocycles. The summed E-state index contributed by atoms with van der Waals surface area (Å²) in [4.78, 5) is 16.5. The lowest BCUT2D eigenvalue weighted by Gasteiger charge is -2.36. The van der Waals surface area contributed by atoms with Crippen molar-refractivity contribution < 1.29 is 9.53 Å². The molecule has 3 heterocycles. The van der Waals surface area contributed by atoms with Crippen molar-refractivity contribution in [3.8, 4) is 5.75 Å². The number of piperidine rings is 1. The molecule has 5 rings (SSSR count). The van der Waals surface area contributed by atoms with Crippen LogP contribution in [0.3, 0.4) is 0 Å². The van der Waals surface area contributed by atoms with Crippen molar-refractivity contribution in [3.63, 3.8) is 0 Å². The van der Waals surface area contributed by atoms with Crippen LogP contribution in [0.15, 0.2) is 54.6 Å². The number of nitrogens with zero attached hydrogens (tertiary/aromatic N) is 2. The van der Waals surface area contributed by atoms with Gasteiger partial charge in [-0.1, -0.05) is 42.5 Å². The maximum Gasteiger partial charge on any atom is 0.219 e. The normalized spacial score (nSPS) is 22.5. The molecule has 0 aliphatic carbocycles. The van der Waals surface area contributed by atoms with Crippen LogP contribution in [0.5, 0.6) is 5.75 Å². The zero-order valence-electron chi connectivity index (χ0n) is 16.0. The van der Waals surface area contributed by atoms with Crippen LogP contribution in [0.25, 0.3) is 0 Å². The molecule has 2 bridgehead atoms. The number of hydrogen-bond acceptors (Lipinski definition) is 3. The van der Waals surface area contributed by atoms with E-state index in [1.165, 1.54) is 24.0 Å². The Labute approximate surface area is 161 Å². The van der Waals surface area contributed by atoms with Crippen LogP contribution in [0.2, 0.25) is 0 Å². The number of benzene rings is 2. The molecule has 3 fully saturated rings. The summed E-state index contributed by atoms with van der Waals surface area (Å²) in [5.74, 6) is 1.73. The van der Waals surface area contributed by atoms with Gasteiger partial charge in [0.25, 0.3) is 0 Å². The maximum atomic E-state index is 11.9. The molecule has 142 valence electrons. The van der Waals surface area contributed by atoms with Crippen LogP contribution < -0.4 is 4.74 Å². The van der Waals surface area contributed by atoms with Gasteiger partial charge in [0, 0.05) is 39.1 Å². The number of rotatable bonds is 5. The third-order valence-electron chi connectivity index (χ3n) is 5.80. The summed E-state index contributed by atoms with van der Waals surface area (Å²) >= 11 is 0. The quantitative estimate of drug-likeness (QED) is 0.811. The molecule has 3 saturated heterocycles. The summed E-state index contributed by atoms with van der Waals surface area (Å²) in [5, 5.41) is 0. The highest BCUT2D eigenvalue weighted by Gasteiger charge is 2.35. The molecule has 0 spiro atoms. The Hall–Kier alpha value is -2.33. The van der Waals surface area contributed by atoms with E-state index in [1.807, 2.05) is 29.2 Å². The number of ether oxygens (including phenoxy) is 1. The Kier molecular flexibility index (Phi) is 5.44. The summed E-state index contributed by atoms with van der Waals surface area (Å²) in [6, 6.07) is 19.2. The van der Waals surface area contributed by atoms with Gasteiger partial charge < -0.3 is 9.64 Å². The Morgan fingerprint density at radius 3 is 2.63 bits per heavy atom. The minimum absolute atomic E-state index is 0.213. The summed E-state index contributed by atoms with van der Waals surface area (Å²) < 4.78 is 5.99. The average molecular weight is 364 g/mol. The van der Waals surface area contributed by atoms with Crippen LogP contribution >= 0.6 is 0 Å². The number of hydrogen-bond donors (Lipinski definition) is 0. The molecule has 0 saturated carbocycles. The lowest BCUT2D eigenvalue weighted by molar-refractivity contribution is -0.129. The molecule has 4 nitrogen and oxygen atoms in total. The van der Waals surface area contributed by atoms with Gasteiger partial charge in [-0.2, -0.15) is 0 Å². The van der Waals surface area contributed by atoms with E-state index in [-0.39, 0.29) is 5.91 Å². The molecular formula is C23H28N2O2. The molecule has 1 amide bonds. The first-order valence-electron chi connectivity index (χ1n) is 9.92. The summed E-state index contributed by atoms with van der Waals surface area (Å²) in [6.07, 6.45) is 2.43. The van der Waals surface area contributed by atoms with Crippen molar-refractivity contribution in [1.82, 2.24) is 9.80 Å². The zero-order chi connectivity index (χ0) is 18.6. The molecule has 2 atom stereocenters. The molecule has 0 aromatic heterocycles. The van der Waals surface area contributed by atoms with Gasteiger partial charge in [0.1, 0.15) is 12.4 Å². The van der Waals surface area contributed by atoms with Gasteiger partial charge in [-0.3, -0.25) is 9.69 Å². The fraction of sp³-hybridized carbons (Fsp3) is 0.435. The van der Waals surface area contributed by atoms with Gasteiger partial charge in [-0.05, 0) is 42.0 Å². The van der Waals surface area contributed by atoms with Crippen molar-refractivity contribution in [2.45, 2.75) is 39.0 Å². The highest BCUT2D eigenvalue weighted by molar-refractivity contribution is 5.73. The Morgan fingerprint density at radius 1 is 1.00 bits per heavy atom. The summed E-state index contributed by atoms with van der Waals surface area (Å²) in [7, 11) is 0. The van der Waals surface area contributed by atoms with Crippen molar-refractivity contribution in [2.24, 2.45) is 5.92 Å². The first-order chi connectivity index (χ1) is 13.2. The lowest BCUT2D eigenvalue weighted by atomic mass is 9.94. The molecule has 4 heteroatoms. The highest BCUT2D eigenvalue weighted by atomic mass is 16.5. The largest absolute Gasteiger partial charge is 0.489 e. The average Bonchev–Trinajstić information content (AvgIpc) is 3.00. The van der Waals surface area contributed by atoms with Gasteiger partial charge in [0.2, 0.25) is 5.91 Å². The monoisotopic (exact) mass is 364 g/mol. The fourth-order valence-electron chi connectivity index (χ4n) is 4.34. The van der Waals surface area contributed by atoms with Crippen LogP contribution in [-0.4, -0.2) is 41.4 Å². The second-order valence-corrected chi connectivity index (χ2v) is 7.87. The van der Waals surface area contributed by atoms with Crippen molar-refractivity contribution >= 4 is 5.91 Å². The molecule has 2 aromatic rings. The second-order valence-electron chi connectivity index (χ2n) is 7.87. The van der Waals surface area contributed by atoms with Gasteiger partial charge >= 0.3 is 0 Å². The topological polar surface area (TPSA) is 32.8 Å². The molecular weight excluding hydrogens is 336 g/mol. The Balaban J connectivity index is 1.40. The molecule has 2 aromatic carbocycles. The minimum Gasteiger partial charge on any atom is -0.489 e. The van der Waals surface area contributed by atoms with E-state index in [2.05, 4.69) is 35.2 Å². The summed E-state index contributed by atoms with van der Waals surface area (Å²) in [6.45, 7) is 6.09. The van der Waals surface area contributed by atoms with E-state index in [9.17, 15) is 4.79 Å². The van der Waals surface area contributed by atoms with Gasteiger partial charge in [0.05, 0.1) is 0 Å². The number of carbonyl (C=O) groups excluding carboxylic acids is 1. The third-order valence-corrected chi connectivity index (χ3v) is 5.80. The van der Waals surface area contributed by atoms with E-state index in [0.717, 1.165) is 31.9 Å². The number of amides is 1. The number of carbonyl (C=O) groups is 1. The van der Waals surface area contributed by atoms with Crippen LogP contribution in [0.4, 0.5) is 0 Å². The predicted molar refractivity (Wildman–Crippen MR) is 106 cm³/mol. The smallest absolute Gasteiger partial charge is 0.219 e. The van der Waals surface area contributed by atoms with Crippen molar-refractivity contribution in [3.05, 3.63) is 65.7 Å². The Morgan fingerprint density at radius 2 is 1.81 bits per heavy atom. The van der Waals surface area contributed by atoms with Crippen molar-refractivity contribution in [1.29, 1.82) is 0 Å². The van der Waals surface area contributed by atoms with Gasteiger partial charge in [-0.15, -0.1) is 0 Å². The van der Waals surface area contributed by atoms with E-state index in [1.54, 1.807) is 6.92 Å². The zero-order valence-corrected chi connectivity index (χ0v) is 16.0. The minimum atomic E-state index is 0.213. The second kappa shape index (κ2) is 8.13. The van der Waals surface area contributed by atoms with Gasteiger partial charge in [0.15, 0.2) is 0 Å².